The van der Waals surface area contributed by atoms with Gasteiger partial charge in [-0.1, -0.05) is 18.2 Å². The minimum absolute atomic E-state index is 0.0130. The van der Waals surface area contributed by atoms with Gasteiger partial charge in [-0.25, -0.2) is 0 Å². The van der Waals surface area contributed by atoms with Gasteiger partial charge in [0.2, 0.25) is 5.78 Å². The van der Waals surface area contributed by atoms with Gasteiger partial charge in [0.25, 0.3) is 0 Å². The summed E-state index contributed by atoms with van der Waals surface area (Å²) in [6.45, 7) is 3.51. The Morgan fingerprint density at radius 1 is 1.20 bits per heavy atom. The molecule has 0 unspecified atom stereocenters. The second-order valence-electron chi connectivity index (χ2n) is 3.98. The van der Waals surface area contributed by atoms with Crippen LogP contribution in [-0.2, 0) is 9.53 Å². The lowest BCUT2D eigenvalue weighted by molar-refractivity contribution is -0.126. The van der Waals surface area contributed by atoms with Gasteiger partial charge in [0, 0.05) is 11.8 Å². The fourth-order valence-electron chi connectivity index (χ4n) is 1.37. The quantitative estimate of drug-likeness (QED) is 0.801. The maximum atomic E-state index is 11.5. The first kappa shape index (κ1) is 9.77. The van der Waals surface area contributed by atoms with E-state index in [1.807, 2.05) is 30.3 Å². The molecule has 1 aliphatic rings. The molecule has 0 saturated heterocycles. The summed E-state index contributed by atoms with van der Waals surface area (Å²) in [5.41, 5.74) is 0.172. The van der Waals surface area contributed by atoms with E-state index in [1.165, 1.54) is 6.08 Å². The molecule has 15 heavy (non-hydrogen) atoms. The van der Waals surface area contributed by atoms with Crippen LogP contribution in [0.4, 0.5) is 5.69 Å². The Kier molecular flexibility index (Phi) is 2.23. The van der Waals surface area contributed by atoms with E-state index < -0.39 is 5.60 Å². The third-order valence-corrected chi connectivity index (χ3v) is 2.26. The van der Waals surface area contributed by atoms with Crippen molar-refractivity contribution in [3.8, 4) is 0 Å². The fraction of sp³-hybridized carbons (Fsp3) is 0.250. The van der Waals surface area contributed by atoms with Gasteiger partial charge in [0.05, 0.1) is 0 Å². The van der Waals surface area contributed by atoms with Crippen LogP contribution in [-0.4, -0.2) is 11.4 Å². The van der Waals surface area contributed by atoms with Crippen molar-refractivity contribution < 1.29 is 9.53 Å². The smallest absolute Gasteiger partial charge is 0.203 e. The molecule has 3 heteroatoms. The van der Waals surface area contributed by atoms with Crippen LogP contribution < -0.4 is 5.32 Å². The average Bonchev–Trinajstić information content (AvgIpc) is 2.42. The van der Waals surface area contributed by atoms with Gasteiger partial charge in [-0.3, -0.25) is 4.79 Å². The molecule has 1 heterocycles. The molecule has 0 fully saturated rings. The van der Waals surface area contributed by atoms with Crippen molar-refractivity contribution in [2.24, 2.45) is 0 Å². The van der Waals surface area contributed by atoms with Crippen LogP contribution in [0.25, 0.3) is 0 Å². The second kappa shape index (κ2) is 3.42. The number of nitrogens with one attached hydrogen (secondary N) is 1. The minimum Gasteiger partial charge on any atom is -0.465 e. The molecule has 1 aromatic carbocycles. The molecule has 0 saturated carbocycles. The van der Waals surface area contributed by atoms with E-state index in [0.717, 1.165) is 5.69 Å². The summed E-state index contributed by atoms with van der Waals surface area (Å²) in [5.74, 6) is 0.497. The molecule has 0 amide bonds. The molecule has 0 aliphatic carbocycles. The van der Waals surface area contributed by atoms with E-state index >= 15 is 0 Å². The summed E-state index contributed by atoms with van der Waals surface area (Å²) in [5, 5.41) is 3.04. The van der Waals surface area contributed by atoms with Gasteiger partial charge in [-0.15, -0.1) is 0 Å². The number of ketones is 1. The molecule has 0 aromatic heterocycles. The van der Waals surface area contributed by atoms with Crippen molar-refractivity contribution in [2.45, 2.75) is 19.4 Å². The highest BCUT2D eigenvalue weighted by molar-refractivity contribution is 5.99. The first-order chi connectivity index (χ1) is 7.08. The molecule has 78 valence electrons. The fourth-order valence-corrected chi connectivity index (χ4v) is 1.37. The molecule has 0 radical (unpaired) electrons. The van der Waals surface area contributed by atoms with Crippen LogP contribution in [0, 0.1) is 0 Å². The molecule has 0 bridgehead atoms. The SMILES string of the molecule is CC1(C)OC(Nc2ccccc2)=CC1=O. The number of hydrogen-bond acceptors (Lipinski definition) is 3. The van der Waals surface area contributed by atoms with Crippen molar-refractivity contribution in [3.63, 3.8) is 0 Å². The van der Waals surface area contributed by atoms with E-state index in [0.29, 0.717) is 5.88 Å². The summed E-state index contributed by atoms with van der Waals surface area (Å²) >= 11 is 0. The van der Waals surface area contributed by atoms with Crippen molar-refractivity contribution in [2.75, 3.05) is 5.32 Å². The maximum absolute atomic E-state index is 11.5. The van der Waals surface area contributed by atoms with Crippen LogP contribution in [0.5, 0.6) is 0 Å². The van der Waals surface area contributed by atoms with E-state index in [9.17, 15) is 4.79 Å². The molecular weight excluding hydrogens is 190 g/mol. The van der Waals surface area contributed by atoms with Crippen LogP contribution in [0.3, 0.4) is 0 Å². The zero-order valence-electron chi connectivity index (χ0n) is 8.78. The van der Waals surface area contributed by atoms with Gasteiger partial charge in [-0.05, 0) is 26.0 Å². The third kappa shape index (κ3) is 2.01. The Balaban J connectivity index is 2.10. The molecule has 0 spiro atoms. The van der Waals surface area contributed by atoms with Gasteiger partial charge in [-0.2, -0.15) is 0 Å². The van der Waals surface area contributed by atoms with Crippen LogP contribution in [0.1, 0.15) is 13.8 Å². The molecule has 1 N–H and O–H groups in total. The molecule has 1 aromatic rings. The normalized spacial score (nSPS) is 18.3. The van der Waals surface area contributed by atoms with Gasteiger partial charge < -0.3 is 10.1 Å². The van der Waals surface area contributed by atoms with Crippen LogP contribution in [0.2, 0.25) is 0 Å². The third-order valence-electron chi connectivity index (χ3n) is 2.26. The lowest BCUT2D eigenvalue weighted by Gasteiger charge is -2.18. The summed E-state index contributed by atoms with van der Waals surface area (Å²) in [6, 6.07) is 9.61. The zero-order chi connectivity index (χ0) is 10.9. The molecule has 2 rings (SSSR count). The predicted molar refractivity (Wildman–Crippen MR) is 58.3 cm³/mol. The van der Waals surface area contributed by atoms with E-state index in [4.69, 9.17) is 4.74 Å². The summed E-state index contributed by atoms with van der Waals surface area (Å²) < 4.78 is 5.47. The largest absolute Gasteiger partial charge is 0.465 e. The second-order valence-corrected chi connectivity index (χ2v) is 3.98. The lowest BCUT2D eigenvalue weighted by Crippen LogP contribution is -2.28. The Morgan fingerprint density at radius 3 is 2.40 bits per heavy atom. The van der Waals surface area contributed by atoms with Gasteiger partial charge in [0.15, 0.2) is 11.5 Å². The monoisotopic (exact) mass is 203 g/mol. The first-order valence-corrected chi connectivity index (χ1v) is 4.85. The standard InChI is InChI=1S/C12H13NO2/c1-12(2)10(14)8-11(15-12)13-9-6-4-3-5-7-9/h3-8,13H,1-2H3. The average molecular weight is 203 g/mol. The Labute approximate surface area is 88.8 Å². The van der Waals surface area contributed by atoms with Crippen LogP contribution >= 0.6 is 0 Å². The number of anilines is 1. The number of benzene rings is 1. The summed E-state index contributed by atoms with van der Waals surface area (Å²) in [6.07, 6.45) is 1.49. The van der Waals surface area contributed by atoms with Crippen LogP contribution in [0.15, 0.2) is 42.3 Å². The van der Waals surface area contributed by atoms with E-state index in [2.05, 4.69) is 5.32 Å². The first-order valence-electron chi connectivity index (χ1n) is 4.85. The number of carbonyl (C=O) groups is 1. The predicted octanol–water partition coefficient (Wildman–Crippen LogP) is 2.32. The highest BCUT2D eigenvalue weighted by Gasteiger charge is 2.35. The summed E-state index contributed by atoms with van der Waals surface area (Å²) in [4.78, 5) is 11.5. The number of carbonyl (C=O) groups excluding carboxylic acids is 1. The summed E-state index contributed by atoms with van der Waals surface area (Å²) in [7, 11) is 0. The van der Waals surface area contributed by atoms with Crippen molar-refractivity contribution in [1.82, 2.24) is 0 Å². The molecule has 1 aliphatic heterocycles. The van der Waals surface area contributed by atoms with Crippen molar-refractivity contribution in [3.05, 3.63) is 42.3 Å². The molecule has 3 nitrogen and oxygen atoms in total. The number of ether oxygens (including phenoxy) is 1. The Hall–Kier alpha value is -1.77. The number of hydrogen-bond donors (Lipinski definition) is 1. The Morgan fingerprint density at radius 2 is 1.87 bits per heavy atom. The maximum Gasteiger partial charge on any atom is 0.203 e. The van der Waals surface area contributed by atoms with Gasteiger partial charge in [0.1, 0.15) is 0 Å². The number of para-hydroxylation sites is 1. The zero-order valence-corrected chi connectivity index (χ0v) is 8.78. The van der Waals surface area contributed by atoms with Crippen molar-refractivity contribution >= 4 is 11.5 Å². The Bertz CT molecular complexity index is 407. The minimum atomic E-state index is -0.739. The highest BCUT2D eigenvalue weighted by atomic mass is 16.5. The van der Waals surface area contributed by atoms with Crippen molar-refractivity contribution in [1.29, 1.82) is 0 Å². The molecule has 0 atom stereocenters. The molecular formula is C12H13NO2. The number of rotatable bonds is 2. The van der Waals surface area contributed by atoms with E-state index in [-0.39, 0.29) is 5.78 Å². The van der Waals surface area contributed by atoms with E-state index in [1.54, 1.807) is 13.8 Å². The highest BCUT2D eigenvalue weighted by Crippen LogP contribution is 2.25. The lowest BCUT2D eigenvalue weighted by atomic mass is 10.1. The topological polar surface area (TPSA) is 38.3 Å². The van der Waals surface area contributed by atoms with Gasteiger partial charge >= 0.3 is 0 Å².